The first-order chi connectivity index (χ1) is 12.0. The first-order valence-electron chi connectivity index (χ1n) is 7.88. The van der Waals surface area contributed by atoms with Crippen LogP contribution in [0, 0.1) is 6.92 Å². The van der Waals surface area contributed by atoms with Gasteiger partial charge in [-0.1, -0.05) is 12.1 Å². The first kappa shape index (κ1) is 16.9. The second kappa shape index (κ2) is 7.31. The normalized spacial score (nSPS) is 17.3. The molecule has 25 heavy (non-hydrogen) atoms. The number of hydrogen-bond acceptors (Lipinski definition) is 5. The summed E-state index contributed by atoms with van der Waals surface area (Å²) in [5.41, 5.74) is 1.04. The van der Waals surface area contributed by atoms with E-state index in [2.05, 4.69) is 20.5 Å². The molecule has 2 heterocycles. The van der Waals surface area contributed by atoms with Crippen LogP contribution in [0.2, 0.25) is 0 Å². The van der Waals surface area contributed by atoms with E-state index in [4.69, 9.17) is 9.84 Å². The quantitative estimate of drug-likeness (QED) is 0.763. The van der Waals surface area contributed by atoms with Gasteiger partial charge < -0.3 is 20.1 Å². The predicted molar refractivity (Wildman–Crippen MR) is 87.0 cm³/mol. The fourth-order valence-corrected chi connectivity index (χ4v) is 2.55. The van der Waals surface area contributed by atoms with Crippen molar-refractivity contribution in [2.45, 2.75) is 19.6 Å². The lowest BCUT2D eigenvalue weighted by Crippen LogP contribution is -2.47. The van der Waals surface area contributed by atoms with Gasteiger partial charge >= 0.3 is 12.0 Å². The minimum absolute atomic E-state index is 0.206. The Balaban J connectivity index is 1.54. The zero-order chi connectivity index (χ0) is 17.8. The number of ether oxygens (including phenoxy) is 1. The van der Waals surface area contributed by atoms with Crippen LogP contribution in [0.4, 0.5) is 4.79 Å². The first-order valence-corrected chi connectivity index (χ1v) is 7.88. The number of urea groups is 1. The highest BCUT2D eigenvalue weighted by Gasteiger charge is 2.27. The molecule has 1 unspecified atom stereocenters. The number of nitrogens with one attached hydrogen (secondary N) is 2. The van der Waals surface area contributed by atoms with Crippen LogP contribution in [-0.2, 0) is 11.3 Å². The predicted octanol–water partition coefficient (Wildman–Crippen LogP) is 1.09. The van der Waals surface area contributed by atoms with Gasteiger partial charge in [0.2, 0.25) is 0 Å². The highest BCUT2D eigenvalue weighted by atomic mass is 16.5. The SMILES string of the molecule is Cc1nc(C2CN(C(=O)NCc3ccc(C(=O)O)cc3)CCO2)n[nH]1. The van der Waals surface area contributed by atoms with Gasteiger partial charge in [0.15, 0.2) is 5.82 Å². The van der Waals surface area contributed by atoms with Crippen molar-refractivity contribution in [3.05, 3.63) is 47.0 Å². The Bertz CT molecular complexity index is 758. The molecule has 3 rings (SSSR count). The Hall–Kier alpha value is -2.94. The lowest BCUT2D eigenvalue weighted by Gasteiger charge is -2.31. The van der Waals surface area contributed by atoms with Gasteiger partial charge in [-0.2, -0.15) is 5.10 Å². The van der Waals surface area contributed by atoms with Gasteiger partial charge in [0.25, 0.3) is 0 Å². The molecule has 0 saturated carbocycles. The molecule has 1 saturated heterocycles. The van der Waals surface area contributed by atoms with Crippen LogP contribution in [0.5, 0.6) is 0 Å². The lowest BCUT2D eigenvalue weighted by molar-refractivity contribution is -0.0198. The summed E-state index contributed by atoms with van der Waals surface area (Å²) in [6, 6.07) is 6.19. The molecular formula is C16H19N5O4. The number of carbonyl (C=O) groups is 2. The number of benzene rings is 1. The average Bonchev–Trinajstić information content (AvgIpc) is 3.06. The molecule has 1 aromatic carbocycles. The van der Waals surface area contributed by atoms with E-state index in [-0.39, 0.29) is 17.7 Å². The van der Waals surface area contributed by atoms with E-state index < -0.39 is 5.97 Å². The Morgan fingerprint density at radius 2 is 2.16 bits per heavy atom. The van der Waals surface area contributed by atoms with Gasteiger partial charge in [-0.3, -0.25) is 5.10 Å². The van der Waals surface area contributed by atoms with Gasteiger partial charge in [0.1, 0.15) is 11.9 Å². The molecule has 2 aromatic rings. The van der Waals surface area contributed by atoms with Crippen LogP contribution in [-0.4, -0.2) is 56.9 Å². The Morgan fingerprint density at radius 3 is 2.80 bits per heavy atom. The number of aromatic nitrogens is 3. The number of aromatic carboxylic acids is 1. The molecule has 132 valence electrons. The molecule has 0 radical (unpaired) electrons. The molecule has 9 nitrogen and oxygen atoms in total. The fourth-order valence-electron chi connectivity index (χ4n) is 2.55. The molecule has 9 heteroatoms. The third-order valence-electron chi connectivity index (χ3n) is 3.90. The third kappa shape index (κ3) is 4.13. The molecule has 3 N–H and O–H groups in total. The van der Waals surface area contributed by atoms with E-state index in [1.165, 1.54) is 12.1 Å². The topological polar surface area (TPSA) is 120 Å². The Labute approximate surface area is 144 Å². The van der Waals surface area contributed by atoms with Gasteiger partial charge in [-0.15, -0.1) is 0 Å². The van der Waals surface area contributed by atoms with Crippen molar-refractivity contribution in [2.24, 2.45) is 0 Å². The van der Waals surface area contributed by atoms with Crippen LogP contribution in [0.3, 0.4) is 0 Å². The maximum Gasteiger partial charge on any atom is 0.335 e. The number of amides is 2. The number of carbonyl (C=O) groups excluding carboxylic acids is 1. The summed E-state index contributed by atoms with van der Waals surface area (Å²) in [6.45, 7) is 3.41. The summed E-state index contributed by atoms with van der Waals surface area (Å²) in [7, 11) is 0. The van der Waals surface area contributed by atoms with E-state index in [0.717, 1.165) is 5.56 Å². The molecule has 2 amide bonds. The summed E-state index contributed by atoms with van der Waals surface area (Å²) in [4.78, 5) is 29.1. The maximum absolute atomic E-state index is 12.3. The number of H-pyrrole nitrogens is 1. The monoisotopic (exact) mass is 345 g/mol. The summed E-state index contributed by atoms with van der Waals surface area (Å²) in [5, 5.41) is 18.6. The van der Waals surface area contributed by atoms with Gasteiger partial charge in [-0.05, 0) is 24.6 Å². The maximum atomic E-state index is 12.3. The van der Waals surface area contributed by atoms with Crippen LogP contribution in [0.1, 0.15) is 33.7 Å². The smallest absolute Gasteiger partial charge is 0.335 e. The molecule has 0 spiro atoms. The van der Waals surface area contributed by atoms with E-state index in [9.17, 15) is 9.59 Å². The number of aromatic amines is 1. The zero-order valence-electron chi connectivity index (χ0n) is 13.7. The second-order valence-electron chi connectivity index (χ2n) is 5.75. The van der Waals surface area contributed by atoms with Crippen molar-refractivity contribution in [3.63, 3.8) is 0 Å². The number of carboxylic acids is 1. The molecule has 1 aliphatic rings. The minimum Gasteiger partial charge on any atom is -0.478 e. The number of hydrogen-bond donors (Lipinski definition) is 3. The van der Waals surface area contributed by atoms with Crippen molar-refractivity contribution in [2.75, 3.05) is 19.7 Å². The molecule has 1 atom stereocenters. The summed E-state index contributed by atoms with van der Waals surface area (Å²) >= 11 is 0. The standard InChI is InChI=1S/C16H19N5O4/c1-10-18-14(20-19-10)13-9-21(6-7-25-13)16(24)17-8-11-2-4-12(5-3-11)15(22)23/h2-5,13H,6-9H2,1H3,(H,17,24)(H,22,23)(H,18,19,20). The average molecular weight is 345 g/mol. The van der Waals surface area contributed by atoms with E-state index in [0.29, 0.717) is 37.9 Å². The Kier molecular flexibility index (Phi) is 4.94. The number of morpholine rings is 1. The fraction of sp³-hybridized carbons (Fsp3) is 0.375. The van der Waals surface area contributed by atoms with Crippen LogP contribution in [0.25, 0.3) is 0 Å². The highest BCUT2D eigenvalue weighted by molar-refractivity contribution is 5.87. The van der Waals surface area contributed by atoms with Crippen LogP contribution >= 0.6 is 0 Å². The third-order valence-corrected chi connectivity index (χ3v) is 3.90. The summed E-state index contributed by atoms with van der Waals surface area (Å²) < 4.78 is 5.63. The highest BCUT2D eigenvalue weighted by Crippen LogP contribution is 2.19. The van der Waals surface area contributed by atoms with Crippen molar-refractivity contribution < 1.29 is 19.4 Å². The number of rotatable bonds is 4. The van der Waals surface area contributed by atoms with Gasteiger partial charge in [-0.25, -0.2) is 14.6 Å². The molecular weight excluding hydrogens is 326 g/mol. The molecule has 0 bridgehead atoms. The number of carboxylic acid groups (broad SMARTS) is 1. The van der Waals surface area contributed by atoms with Gasteiger partial charge in [0.05, 0.1) is 18.7 Å². The van der Waals surface area contributed by atoms with Crippen LogP contribution < -0.4 is 5.32 Å². The molecule has 1 fully saturated rings. The number of aryl methyl sites for hydroxylation is 1. The lowest BCUT2D eigenvalue weighted by atomic mass is 10.1. The largest absolute Gasteiger partial charge is 0.478 e. The minimum atomic E-state index is -0.975. The molecule has 1 aromatic heterocycles. The molecule has 1 aliphatic heterocycles. The van der Waals surface area contributed by atoms with E-state index >= 15 is 0 Å². The summed E-state index contributed by atoms with van der Waals surface area (Å²) in [6.07, 6.45) is -0.348. The van der Waals surface area contributed by atoms with Crippen molar-refractivity contribution >= 4 is 12.0 Å². The number of nitrogens with zero attached hydrogens (tertiary/aromatic N) is 3. The molecule has 0 aliphatic carbocycles. The van der Waals surface area contributed by atoms with Crippen molar-refractivity contribution in [1.29, 1.82) is 0 Å². The van der Waals surface area contributed by atoms with Crippen LogP contribution in [0.15, 0.2) is 24.3 Å². The summed E-state index contributed by atoms with van der Waals surface area (Å²) in [5.74, 6) is 0.265. The Morgan fingerprint density at radius 1 is 1.40 bits per heavy atom. The zero-order valence-corrected chi connectivity index (χ0v) is 13.7. The van der Waals surface area contributed by atoms with E-state index in [1.807, 2.05) is 0 Å². The van der Waals surface area contributed by atoms with Gasteiger partial charge in [0, 0.05) is 13.1 Å². The van der Waals surface area contributed by atoms with Crippen molar-refractivity contribution in [1.82, 2.24) is 25.4 Å². The second-order valence-corrected chi connectivity index (χ2v) is 5.75. The van der Waals surface area contributed by atoms with Crippen molar-refractivity contribution in [3.8, 4) is 0 Å². The van der Waals surface area contributed by atoms with E-state index in [1.54, 1.807) is 24.0 Å².